The van der Waals surface area contributed by atoms with E-state index in [0.717, 1.165) is 24.0 Å². The minimum Gasteiger partial charge on any atom is -0.493 e. The van der Waals surface area contributed by atoms with Gasteiger partial charge in [-0.05, 0) is 54.2 Å². The Balaban J connectivity index is 1.56. The number of amides is 1. The zero-order valence-corrected chi connectivity index (χ0v) is 19.8. The number of hydrogen-bond acceptors (Lipinski definition) is 6. The molecule has 0 bridgehead atoms. The Morgan fingerprint density at radius 1 is 1.09 bits per heavy atom. The first kappa shape index (κ1) is 23.9. The van der Waals surface area contributed by atoms with E-state index in [9.17, 15) is 14.9 Å². The Bertz CT molecular complexity index is 1020. The van der Waals surface area contributed by atoms with Crippen LogP contribution in [-0.2, 0) is 11.2 Å². The fourth-order valence-electron chi connectivity index (χ4n) is 5.12. The highest BCUT2D eigenvalue weighted by molar-refractivity contribution is 5.77. The van der Waals surface area contributed by atoms with Crippen molar-refractivity contribution in [1.82, 2.24) is 4.90 Å². The van der Waals surface area contributed by atoms with Gasteiger partial charge in [0.25, 0.3) is 5.69 Å². The Hall–Kier alpha value is -3.29. The van der Waals surface area contributed by atoms with Gasteiger partial charge in [-0.25, -0.2) is 0 Å². The summed E-state index contributed by atoms with van der Waals surface area (Å²) in [6.07, 6.45) is 7.19. The molecule has 1 aliphatic heterocycles. The topological polar surface area (TPSA) is 91.1 Å². The monoisotopic (exact) mass is 468 g/mol. The summed E-state index contributed by atoms with van der Waals surface area (Å²) in [4.78, 5) is 25.7. The summed E-state index contributed by atoms with van der Waals surface area (Å²) in [5.41, 5.74) is 2.10. The van der Waals surface area contributed by atoms with Crippen LogP contribution < -0.4 is 14.2 Å². The second-order valence-electron chi connectivity index (χ2n) is 9.01. The lowest BCUT2D eigenvalue weighted by atomic mass is 9.91. The molecule has 1 atom stereocenters. The molecule has 1 heterocycles. The highest BCUT2D eigenvalue weighted by Gasteiger charge is 2.33. The number of methoxy groups -OCH3 is 2. The lowest BCUT2D eigenvalue weighted by Gasteiger charge is -2.38. The maximum atomic E-state index is 13.3. The van der Waals surface area contributed by atoms with Gasteiger partial charge in [0.05, 0.1) is 25.2 Å². The summed E-state index contributed by atoms with van der Waals surface area (Å²) in [5.74, 6) is 2.60. The molecule has 1 aliphatic carbocycles. The molecule has 0 radical (unpaired) electrons. The maximum absolute atomic E-state index is 13.3. The Labute approximate surface area is 200 Å². The number of carbonyl (C=O) groups is 1. The van der Waals surface area contributed by atoms with Crippen molar-refractivity contribution in [2.45, 2.75) is 51.0 Å². The van der Waals surface area contributed by atoms with E-state index in [0.29, 0.717) is 36.1 Å². The second kappa shape index (κ2) is 10.8. The number of benzene rings is 2. The third kappa shape index (κ3) is 5.26. The molecule has 2 aliphatic rings. The van der Waals surface area contributed by atoms with Gasteiger partial charge < -0.3 is 19.1 Å². The van der Waals surface area contributed by atoms with Gasteiger partial charge in [-0.1, -0.05) is 25.7 Å². The van der Waals surface area contributed by atoms with Crippen LogP contribution in [0.25, 0.3) is 0 Å². The molecule has 0 N–H and O–H groups in total. The Kier molecular flexibility index (Phi) is 7.55. The van der Waals surface area contributed by atoms with Crippen molar-refractivity contribution in [2.24, 2.45) is 5.92 Å². The van der Waals surface area contributed by atoms with Crippen molar-refractivity contribution in [3.8, 4) is 17.2 Å². The molecule has 182 valence electrons. The standard InChI is InChI=1S/C26H32N2O6/c1-32-24-15-19-13-14-27(26(29)12-7-18-5-3-4-6-18)23(22(19)16-25(24)33-2)17-34-21-10-8-20(9-11-21)28(30)31/h8-11,15-16,18,23H,3-7,12-14,17H2,1-2H3/t23-/m1/s1. The summed E-state index contributed by atoms with van der Waals surface area (Å²) in [6, 6.07) is 9.65. The van der Waals surface area contributed by atoms with E-state index in [4.69, 9.17) is 14.2 Å². The van der Waals surface area contributed by atoms with Crippen molar-refractivity contribution in [3.63, 3.8) is 0 Å². The number of ether oxygens (including phenoxy) is 3. The van der Waals surface area contributed by atoms with Gasteiger partial charge in [-0.3, -0.25) is 14.9 Å². The molecule has 8 nitrogen and oxygen atoms in total. The van der Waals surface area contributed by atoms with Crippen LogP contribution >= 0.6 is 0 Å². The number of nitro groups is 1. The third-order valence-electron chi connectivity index (χ3n) is 7.02. The van der Waals surface area contributed by atoms with Gasteiger partial charge in [0.15, 0.2) is 11.5 Å². The van der Waals surface area contributed by atoms with E-state index < -0.39 is 4.92 Å². The molecule has 4 rings (SSSR count). The van der Waals surface area contributed by atoms with Crippen molar-refractivity contribution >= 4 is 11.6 Å². The quantitative estimate of drug-likeness (QED) is 0.376. The van der Waals surface area contributed by atoms with E-state index in [2.05, 4.69) is 0 Å². The van der Waals surface area contributed by atoms with Crippen LogP contribution in [-0.4, -0.2) is 43.1 Å². The number of fused-ring (bicyclic) bond motifs is 1. The largest absolute Gasteiger partial charge is 0.493 e. The van der Waals surface area contributed by atoms with Gasteiger partial charge in [0.1, 0.15) is 12.4 Å². The van der Waals surface area contributed by atoms with Crippen LogP contribution in [0, 0.1) is 16.0 Å². The van der Waals surface area contributed by atoms with Crippen molar-refractivity contribution in [2.75, 3.05) is 27.4 Å². The third-order valence-corrected chi connectivity index (χ3v) is 7.02. The van der Waals surface area contributed by atoms with E-state index in [1.807, 2.05) is 17.0 Å². The van der Waals surface area contributed by atoms with Crippen LogP contribution in [0.2, 0.25) is 0 Å². The normalized spacial score (nSPS) is 17.8. The summed E-state index contributed by atoms with van der Waals surface area (Å²) in [5, 5.41) is 10.9. The highest BCUT2D eigenvalue weighted by Crippen LogP contribution is 2.39. The fourth-order valence-corrected chi connectivity index (χ4v) is 5.12. The number of nitro benzene ring substituents is 1. The lowest BCUT2D eigenvalue weighted by Crippen LogP contribution is -2.42. The number of nitrogens with zero attached hydrogens (tertiary/aromatic N) is 2. The molecule has 0 aromatic heterocycles. The van der Waals surface area contributed by atoms with Crippen molar-refractivity contribution < 1.29 is 23.9 Å². The summed E-state index contributed by atoms with van der Waals surface area (Å²) in [6.45, 7) is 0.857. The molecule has 2 aromatic rings. The molecule has 0 spiro atoms. The van der Waals surface area contributed by atoms with Crippen LogP contribution in [0.5, 0.6) is 17.2 Å². The molecule has 1 amide bonds. The van der Waals surface area contributed by atoms with Gasteiger partial charge in [-0.15, -0.1) is 0 Å². The Morgan fingerprint density at radius 2 is 1.76 bits per heavy atom. The van der Waals surface area contributed by atoms with Crippen molar-refractivity contribution in [3.05, 3.63) is 57.6 Å². The van der Waals surface area contributed by atoms with E-state index in [-0.39, 0.29) is 24.2 Å². The summed E-state index contributed by atoms with van der Waals surface area (Å²) >= 11 is 0. The van der Waals surface area contributed by atoms with Crippen molar-refractivity contribution in [1.29, 1.82) is 0 Å². The van der Waals surface area contributed by atoms with Crippen LogP contribution in [0.1, 0.15) is 55.7 Å². The van der Waals surface area contributed by atoms with Crippen LogP contribution in [0.3, 0.4) is 0 Å². The van der Waals surface area contributed by atoms with E-state index in [1.165, 1.54) is 37.8 Å². The minimum atomic E-state index is -0.439. The first-order chi connectivity index (χ1) is 16.5. The first-order valence-corrected chi connectivity index (χ1v) is 11.9. The number of rotatable bonds is 9. The zero-order valence-electron chi connectivity index (χ0n) is 19.8. The van der Waals surface area contributed by atoms with Crippen LogP contribution in [0.15, 0.2) is 36.4 Å². The average molecular weight is 469 g/mol. The molecule has 0 unspecified atom stereocenters. The first-order valence-electron chi connectivity index (χ1n) is 11.9. The lowest BCUT2D eigenvalue weighted by molar-refractivity contribution is -0.384. The molecule has 0 saturated heterocycles. The maximum Gasteiger partial charge on any atom is 0.269 e. The van der Waals surface area contributed by atoms with E-state index >= 15 is 0 Å². The molecule has 1 fully saturated rings. The predicted molar refractivity (Wildman–Crippen MR) is 127 cm³/mol. The molecule has 8 heteroatoms. The Morgan fingerprint density at radius 3 is 2.41 bits per heavy atom. The summed E-state index contributed by atoms with van der Waals surface area (Å²) in [7, 11) is 3.21. The smallest absolute Gasteiger partial charge is 0.269 e. The fraction of sp³-hybridized carbons (Fsp3) is 0.500. The molecule has 2 aromatic carbocycles. The number of non-ortho nitro benzene ring substituents is 1. The molecule has 34 heavy (non-hydrogen) atoms. The van der Waals surface area contributed by atoms with Gasteiger partial charge in [0.2, 0.25) is 5.91 Å². The van der Waals surface area contributed by atoms with Gasteiger partial charge in [-0.2, -0.15) is 0 Å². The SMILES string of the molecule is COc1cc2c(cc1OC)[C@@H](COc1ccc([N+](=O)[O-])cc1)N(C(=O)CCC1CCCC1)CC2. The number of hydrogen-bond donors (Lipinski definition) is 0. The highest BCUT2D eigenvalue weighted by atomic mass is 16.6. The molecular formula is C26H32N2O6. The number of carbonyl (C=O) groups excluding carboxylic acids is 1. The second-order valence-corrected chi connectivity index (χ2v) is 9.01. The molecular weight excluding hydrogens is 436 g/mol. The van der Waals surface area contributed by atoms with Gasteiger partial charge >= 0.3 is 0 Å². The summed E-state index contributed by atoms with van der Waals surface area (Å²) < 4.78 is 17.0. The molecule has 1 saturated carbocycles. The van der Waals surface area contributed by atoms with E-state index in [1.54, 1.807) is 26.4 Å². The average Bonchev–Trinajstić information content (AvgIpc) is 3.38. The minimum absolute atomic E-state index is 0.0101. The predicted octanol–water partition coefficient (Wildman–Crippen LogP) is 5.09. The van der Waals surface area contributed by atoms with Gasteiger partial charge in [0, 0.05) is 25.1 Å². The zero-order chi connectivity index (χ0) is 24.1. The van der Waals surface area contributed by atoms with Crippen LogP contribution in [0.4, 0.5) is 5.69 Å².